The largest absolute Gasteiger partial charge is 0.481 e. The maximum Gasteiger partial charge on any atom is 0.407 e. The lowest BCUT2D eigenvalue weighted by atomic mass is 9.79. The number of carboxylic acid groups (broad SMARTS) is 1. The molecule has 2 aliphatic carbocycles. The van der Waals surface area contributed by atoms with Gasteiger partial charge in [-0.05, 0) is 48.4 Å². The second-order valence-corrected chi connectivity index (χ2v) is 9.87. The number of carboxylic acids is 1. The van der Waals surface area contributed by atoms with E-state index in [2.05, 4.69) is 34.9 Å². The highest BCUT2D eigenvalue weighted by Gasteiger charge is 2.35. The lowest BCUT2D eigenvalue weighted by Gasteiger charge is -2.37. The average molecular weight is 479 g/mol. The Morgan fingerprint density at radius 2 is 1.60 bits per heavy atom. The van der Waals surface area contributed by atoms with Gasteiger partial charge in [-0.15, -0.1) is 0 Å². The van der Waals surface area contributed by atoms with E-state index in [0.29, 0.717) is 19.3 Å². The molecule has 7 nitrogen and oxygen atoms in total. The number of aliphatic carboxylic acids is 1. The number of carbonyl (C=O) groups is 3. The minimum absolute atomic E-state index is 0.00449. The third kappa shape index (κ3) is 6.02. The van der Waals surface area contributed by atoms with Crippen LogP contribution in [0.5, 0.6) is 0 Å². The number of hydrogen-bond donors (Lipinski definition) is 3. The Labute approximate surface area is 206 Å². The third-order valence-electron chi connectivity index (χ3n) is 7.22. The Morgan fingerprint density at radius 1 is 1.00 bits per heavy atom. The Balaban J connectivity index is 1.25. The molecule has 186 valence electrons. The lowest BCUT2D eigenvalue weighted by molar-refractivity contribution is -0.139. The quantitative estimate of drug-likeness (QED) is 0.471. The van der Waals surface area contributed by atoms with Crippen molar-refractivity contribution in [1.29, 1.82) is 0 Å². The van der Waals surface area contributed by atoms with E-state index >= 15 is 0 Å². The van der Waals surface area contributed by atoms with Crippen LogP contribution in [0.1, 0.15) is 75.3 Å². The van der Waals surface area contributed by atoms with Crippen molar-refractivity contribution in [2.45, 2.75) is 75.8 Å². The van der Waals surface area contributed by atoms with Gasteiger partial charge in [-0.1, -0.05) is 67.8 Å². The number of alkyl carbamates (subject to hydrolysis) is 1. The van der Waals surface area contributed by atoms with Gasteiger partial charge in [-0.2, -0.15) is 0 Å². The fourth-order valence-corrected chi connectivity index (χ4v) is 5.48. The summed E-state index contributed by atoms with van der Waals surface area (Å²) in [5.41, 5.74) is 4.02. The molecule has 1 fully saturated rings. The first-order valence-corrected chi connectivity index (χ1v) is 12.5. The van der Waals surface area contributed by atoms with E-state index in [1.165, 1.54) is 11.1 Å². The summed E-state index contributed by atoms with van der Waals surface area (Å²) in [6, 6.07) is 16.1. The van der Waals surface area contributed by atoms with E-state index in [1.807, 2.05) is 31.2 Å². The molecule has 0 aliphatic heterocycles. The van der Waals surface area contributed by atoms with Gasteiger partial charge in [0.25, 0.3) is 0 Å². The molecule has 1 saturated carbocycles. The van der Waals surface area contributed by atoms with Crippen molar-refractivity contribution in [3.8, 4) is 11.1 Å². The first-order valence-electron chi connectivity index (χ1n) is 12.5. The van der Waals surface area contributed by atoms with Gasteiger partial charge in [0.1, 0.15) is 6.61 Å². The molecular weight excluding hydrogens is 444 g/mol. The molecule has 2 aliphatic rings. The van der Waals surface area contributed by atoms with Crippen molar-refractivity contribution in [3.05, 3.63) is 59.7 Å². The second kappa shape index (κ2) is 10.9. The molecular formula is C28H34N2O5. The predicted octanol–water partition coefficient (Wildman–Crippen LogP) is 4.99. The average Bonchev–Trinajstić information content (AvgIpc) is 3.15. The third-order valence-corrected chi connectivity index (χ3v) is 7.22. The van der Waals surface area contributed by atoms with Crippen LogP contribution >= 0.6 is 0 Å². The normalized spacial score (nSPS) is 17.1. The molecule has 2 aromatic carbocycles. The summed E-state index contributed by atoms with van der Waals surface area (Å²) in [7, 11) is 0. The number of ether oxygens (including phenoxy) is 1. The van der Waals surface area contributed by atoms with Gasteiger partial charge < -0.3 is 20.5 Å². The highest BCUT2D eigenvalue weighted by Crippen LogP contribution is 2.44. The summed E-state index contributed by atoms with van der Waals surface area (Å²) in [5.74, 6) is -1.07. The Hall–Kier alpha value is -3.35. The molecule has 3 N–H and O–H groups in total. The number of benzene rings is 2. The number of nitrogens with one attached hydrogen (secondary N) is 2. The fraction of sp³-hybridized carbons (Fsp3) is 0.464. The number of rotatable bonds is 9. The molecule has 0 spiro atoms. The van der Waals surface area contributed by atoms with Crippen molar-refractivity contribution in [2.24, 2.45) is 0 Å². The Morgan fingerprint density at radius 3 is 2.20 bits per heavy atom. The van der Waals surface area contributed by atoms with Crippen molar-refractivity contribution in [1.82, 2.24) is 10.6 Å². The summed E-state index contributed by atoms with van der Waals surface area (Å²) in [6.07, 6.45) is 4.41. The zero-order valence-electron chi connectivity index (χ0n) is 20.2. The van der Waals surface area contributed by atoms with Crippen LogP contribution in [-0.4, -0.2) is 41.3 Å². The SMILES string of the molecule is CC(CCC(=O)NC1(CC(=O)O)CCCCC1)NC(=O)OCC1c2ccccc2-c2ccccc21. The fourth-order valence-electron chi connectivity index (χ4n) is 5.48. The minimum Gasteiger partial charge on any atom is -0.481 e. The summed E-state index contributed by atoms with van der Waals surface area (Å²) in [6.45, 7) is 2.08. The van der Waals surface area contributed by atoms with Crippen LogP contribution in [-0.2, 0) is 14.3 Å². The zero-order valence-corrected chi connectivity index (χ0v) is 20.2. The summed E-state index contributed by atoms with van der Waals surface area (Å²) >= 11 is 0. The van der Waals surface area contributed by atoms with E-state index in [4.69, 9.17) is 4.74 Å². The van der Waals surface area contributed by atoms with Gasteiger partial charge in [0.2, 0.25) is 5.91 Å². The van der Waals surface area contributed by atoms with Crippen molar-refractivity contribution < 1.29 is 24.2 Å². The molecule has 2 amide bonds. The molecule has 2 aromatic rings. The van der Waals surface area contributed by atoms with E-state index in [1.54, 1.807) is 0 Å². The van der Waals surface area contributed by atoms with E-state index in [-0.39, 0.29) is 37.3 Å². The van der Waals surface area contributed by atoms with Crippen LogP contribution in [0, 0.1) is 0 Å². The van der Waals surface area contributed by atoms with Crippen LogP contribution in [0.15, 0.2) is 48.5 Å². The molecule has 0 saturated heterocycles. The van der Waals surface area contributed by atoms with Crippen LogP contribution in [0.3, 0.4) is 0 Å². The maximum atomic E-state index is 12.6. The summed E-state index contributed by atoms with van der Waals surface area (Å²) < 4.78 is 5.58. The van der Waals surface area contributed by atoms with Gasteiger partial charge in [0.05, 0.1) is 12.0 Å². The van der Waals surface area contributed by atoms with Crippen molar-refractivity contribution in [2.75, 3.05) is 6.61 Å². The highest BCUT2D eigenvalue weighted by atomic mass is 16.5. The highest BCUT2D eigenvalue weighted by molar-refractivity contribution is 5.79. The molecule has 35 heavy (non-hydrogen) atoms. The van der Waals surface area contributed by atoms with Crippen LogP contribution in [0.25, 0.3) is 11.1 Å². The van der Waals surface area contributed by atoms with Gasteiger partial charge in [-0.25, -0.2) is 4.79 Å². The van der Waals surface area contributed by atoms with Crippen LogP contribution in [0.4, 0.5) is 4.79 Å². The lowest BCUT2D eigenvalue weighted by Crippen LogP contribution is -2.51. The number of carbonyl (C=O) groups excluding carboxylic acids is 2. The molecule has 0 radical (unpaired) electrons. The summed E-state index contributed by atoms with van der Waals surface area (Å²) in [5, 5.41) is 15.1. The standard InChI is InChI=1S/C28H34N2O5/c1-19(13-14-25(31)30-28(17-26(32)33)15-7-2-8-16-28)29-27(34)35-18-24-22-11-5-3-9-20(22)21-10-4-6-12-23(21)24/h3-6,9-12,19,24H,2,7-8,13-18H2,1H3,(H,29,34)(H,30,31)(H,32,33). The zero-order chi connectivity index (χ0) is 24.8. The number of hydrogen-bond acceptors (Lipinski definition) is 4. The number of fused-ring (bicyclic) bond motifs is 3. The molecule has 1 atom stereocenters. The van der Waals surface area contributed by atoms with Crippen molar-refractivity contribution in [3.63, 3.8) is 0 Å². The first kappa shape index (κ1) is 24.8. The molecule has 0 heterocycles. The minimum atomic E-state index is -0.891. The van der Waals surface area contributed by atoms with Gasteiger partial charge in [-0.3, -0.25) is 9.59 Å². The molecule has 0 aromatic heterocycles. The van der Waals surface area contributed by atoms with E-state index < -0.39 is 17.6 Å². The monoisotopic (exact) mass is 478 g/mol. The second-order valence-electron chi connectivity index (χ2n) is 9.87. The van der Waals surface area contributed by atoms with Crippen molar-refractivity contribution >= 4 is 18.0 Å². The van der Waals surface area contributed by atoms with E-state index in [9.17, 15) is 19.5 Å². The van der Waals surface area contributed by atoms with Crippen LogP contribution in [0.2, 0.25) is 0 Å². The first-order chi connectivity index (χ1) is 16.9. The summed E-state index contributed by atoms with van der Waals surface area (Å²) in [4.78, 5) is 36.4. The maximum absolute atomic E-state index is 12.6. The topological polar surface area (TPSA) is 105 Å². The smallest absolute Gasteiger partial charge is 0.407 e. The Bertz CT molecular complexity index is 1030. The molecule has 4 rings (SSSR count). The number of amides is 2. The molecule has 1 unspecified atom stereocenters. The predicted molar refractivity (Wildman–Crippen MR) is 133 cm³/mol. The van der Waals surface area contributed by atoms with Gasteiger partial charge in [0.15, 0.2) is 0 Å². The molecule has 7 heteroatoms. The van der Waals surface area contributed by atoms with Gasteiger partial charge >= 0.3 is 12.1 Å². The Kier molecular flexibility index (Phi) is 7.73. The van der Waals surface area contributed by atoms with Gasteiger partial charge in [0, 0.05) is 18.4 Å². The van der Waals surface area contributed by atoms with Crippen LogP contribution < -0.4 is 10.6 Å². The molecule has 0 bridgehead atoms. The van der Waals surface area contributed by atoms with E-state index in [0.717, 1.165) is 30.4 Å².